The molecule has 3 aromatic rings. The van der Waals surface area contributed by atoms with Crippen molar-refractivity contribution in [2.45, 2.75) is 6.92 Å². The lowest BCUT2D eigenvalue weighted by Crippen LogP contribution is -2.11. The lowest BCUT2D eigenvalue weighted by Gasteiger charge is -2.12. The summed E-state index contributed by atoms with van der Waals surface area (Å²) in [7, 11) is 1.27. The second-order valence-corrected chi connectivity index (χ2v) is 5.21. The number of aromatic nitrogens is 1. The minimum Gasteiger partial charge on any atom is -0.464 e. The largest absolute Gasteiger partial charge is 0.464 e. The highest BCUT2D eigenvalue weighted by atomic mass is 16.5. The van der Waals surface area contributed by atoms with Gasteiger partial charge in [-0.2, -0.15) is 5.26 Å². The number of carbonyl (C=O) groups is 1. The number of hydrogen-bond donors (Lipinski definition) is 1. The number of anilines is 1. The van der Waals surface area contributed by atoms with Crippen molar-refractivity contribution < 1.29 is 13.9 Å². The van der Waals surface area contributed by atoms with E-state index >= 15 is 0 Å². The molecule has 120 valence electrons. The molecule has 0 unspecified atom stereocenters. The number of rotatable bonds is 3. The minimum atomic E-state index is -0.612. The van der Waals surface area contributed by atoms with Crippen LogP contribution in [0.3, 0.4) is 0 Å². The fourth-order valence-electron chi connectivity index (χ4n) is 2.58. The Kier molecular flexibility index (Phi) is 3.84. The second-order valence-electron chi connectivity index (χ2n) is 5.21. The molecule has 0 spiro atoms. The lowest BCUT2D eigenvalue weighted by atomic mass is 10.1. The van der Waals surface area contributed by atoms with E-state index in [-0.39, 0.29) is 16.9 Å². The van der Waals surface area contributed by atoms with Gasteiger partial charge in [0.25, 0.3) is 0 Å². The van der Waals surface area contributed by atoms with Crippen molar-refractivity contribution in [3.63, 3.8) is 0 Å². The van der Waals surface area contributed by atoms with E-state index < -0.39 is 5.97 Å². The number of para-hydroxylation sites is 1. The third kappa shape index (κ3) is 2.42. The van der Waals surface area contributed by atoms with Crippen molar-refractivity contribution in [1.82, 2.24) is 4.57 Å². The Bertz CT molecular complexity index is 960. The van der Waals surface area contributed by atoms with Crippen LogP contribution in [0.5, 0.6) is 0 Å². The molecule has 0 bridgehead atoms. The van der Waals surface area contributed by atoms with Gasteiger partial charge in [0.15, 0.2) is 5.69 Å². The Morgan fingerprint density at radius 1 is 1.29 bits per heavy atom. The summed E-state index contributed by atoms with van der Waals surface area (Å²) in [5, 5.41) is 9.23. The van der Waals surface area contributed by atoms with Gasteiger partial charge in [-0.1, -0.05) is 12.1 Å². The SMILES string of the molecule is COC(=O)c1c(N)c(C#N)cn1-c1ccccc1-c1ccc(C)o1. The van der Waals surface area contributed by atoms with Gasteiger partial charge in [-0.05, 0) is 31.2 Å². The van der Waals surface area contributed by atoms with E-state index in [1.165, 1.54) is 13.3 Å². The molecule has 2 heterocycles. The van der Waals surface area contributed by atoms with Gasteiger partial charge >= 0.3 is 5.97 Å². The average Bonchev–Trinajstić information content (AvgIpc) is 3.17. The number of ether oxygens (including phenoxy) is 1. The third-order valence-corrected chi connectivity index (χ3v) is 3.71. The summed E-state index contributed by atoms with van der Waals surface area (Å²) in [6.45, 7) is 1.85. The van der Waals surface area contributed by atoms with E-state index in [1.54, 1.807) is 4.57 Å². The van der Waals surface area contributed by atoms with Gasteiger partial charge in [0.1, 0.15) is 17.6 Å². The van der Waals surface area contributed by atoms with Crippen molar-refractivity contribution >= 4 is 11.7 Å². The number of methoxy groups -OCH3 is 1. The predicted octanol–water partition coefficient (Wildman–Crippen LogP) is 3.29. The molecule has 0 saturated carbocycles. The molecule has 1 aromatic carbocycles. The lowest BCUT2D eigenvalue weighted by molar-refractivity contribution is 0.0593. The van der Waals surface area contributed by atoms with Crippen LogP contribution in [-0.2, 0) is 4.74 Å². The van der Waals surface area contributed by atoms with Crippen LogP contribution in [-0.4, -0.2) is 17.6 Å². The predicted molar refractivity (Wildman–Crippen MR) is 88.7 cm³/mol. The van der Waals surface area contributed by atoms with Crippen LogP contribution >= 0.6 is 0 Å². The van der Waals surface area contributed by atoms with Crippen LogP contribution in [0.1, 0.15) is 21.8 Å². The molecule has 0 aliphatic rings. The van der Waals surface area contributed by atoms with Crippen molar-refractivity contribution in [3.05, 3.63) is 59.6 Å². The highest BCUT2D eigenvalue weighted by molar-refractivity contribution is 5.96. The van der Waals surface area contributed by atoms with Crippen molar-refractivity contribution in [2.24, 2.45) is 0 Å². The average molecular weight is 321 g/mol. The summed E-state index contributed by atoms with van der Waals surface area (Å²) in [5.74, 6) is 0.821. The molecule has 2 aromatic heterocycles. The molecule has 24 heavy (non-hydrogen) atoms. The van der Waals surface area contributed by atoms with Gasteiger partial charge in [0.05, 0.1) is 24.0 Å². The van der Waals surface area contributed by atoms with E-state index in [1.807, 2.05) is 49.4 Å². The van der Waals surface area contributed by atoms with Crippen molar-refractivity contribution in [2.75, 3.05) is 12.8 Å². The standard InChI is InChI=1S/C18H15N3O3/c1-11-7-8-15(24-11)13-5-3-4-6-14(13)21-10-12(9-19)16(20)17(21)18(22)23-2/h3-8,10H,20H2,1-2H3. The molecule has 0 amide bonds. The molecule has 6 heteroatoms. The first kappa shape index (κ1) is 15.4. The fourth-order valence-corrected chi connectivity index (χ4v) is 2.58. The monoisotopic (exact) mass is 321 g/mol. The summed E-state index contributed by atoms with van der Waals surface area (Å²) in [5.41, 5.74) is 7.81. The molecule has 2 N–H and O–H groups in total. The van der Waals surface area contributed by atoms with Gasteiger partial charge in [-0.3, -0.25) is 0 Å². The summed E-state index contributed by atoms with van der Waals surface area (Å²) in [6, 6.07) is 13.1. The number of carbonyl (C=O) groups excluding carboxylic acids is 1. The number of aryl methyl sites for hydroxylation is 1. The van der Waals surface area contributed by atoms with E-state index in [4.69, 9.17) is 14.9 Å². The summed E-state index contributed by atoms with van der Waals surface area (Å²) in [6.07, 6.45) is 1.52. The first-order valence-corrected chi connectivity index (χ1v) is 7.22. The number of nitrogens with zero attached hydrogens (tertiary/aromatic N) is 2. The molecule has 3 rings (SSSR count). The van der Waals surface area contributed by atoms with Gasteiger partial charge in [0, 0.05) is 11.8 Å². The number of nitrogens with two attached hydrogens (primary N) is 1. The smallest absolute Gasteiger partial charge is 0.357 e. The first-order valence-electron chi connectivity index (χ1n) is 7.22. The summed E-state index contributed by atoms with van der Waals surface area (Å²) in [4.78, 5) is 12.2. The number of nitriles is 1. The van der Waals surface area contributed by atoms with Crippen LogP contribution in [0, 0.1) is 18.3 Å². The topological polar surface area (TPSA) is 94.2 Å². The first-order chi connectivity index (χ1) is 11.6. The van der Waals surface area contributed by atoms with Crippen molar-refractivity contribution in [3.8, 4) is 23.1 Å². The molecular weight excluding hydrogens is 306 g/mol. The maximum atomic E-state index is 12.2. The van der Waals surface area contributed by atoms with Gasteiger partial charge in [-0.15, -0.1) is 0 Å². The second kappa shape index (κ2) is 5.97. The number of furan rings is 1. The van der Waals surface area contributed by atoms with E-state index in [2.05, 4.69) is 0 Å². The summed E-state index contributed by atoms with van der Waals surface area (Å²) >= 11 is 0. The zero-order valence-corrected chi connectivity index (χ0v) is 13.2. The molecule has 0 radical (unpaired) electrons. The molecule has 0 atom stereocenters. The quantitative estimate of drug-likeness (QED) is 0.747. The highest BCUT2D eigenvalue weighted by Crippen LogP contribution is 2.32. The molecule has 6 nitrogen and oxygen atoms in total. The third-order valence-electron chi connectivity index (χ3n) is 3.71. The molecule has 0 saturated heterocycles. The molecule has 0 aliphatic heterocycles. The fraction of sp³-hybridized carbons (Fsp3) is 0.111. The molecular formula is C18H15N3O3. The van der Waals surface area contributed by atoms with Crippen LogP contribution in [0.4, 0.5) is 5.69 Å². The Labute approximate surface area is 138 Å². The van der Waals surface area contributed by atoms with E-state index in [9.17, 15) is 10.1 Å². The van der Waals surface area contributed by atoms with Gasteiger partial charge in [0.2, 0.25) is 0 Å². The minimum absolute atomic E-state index is 0.0924. The Morgan fingerprint density at radius 2 is 2.04 bits per heavy atom. The maximum absolute atomic E-state index is 12.2. The van der Waals surface area contributed by atoms with E-state index in [0.717, 1.165) is 11.3 Å². The van der Waals surface area contributed by atoms with Crippen LogP contribution < -0.4 is 5.73 Å². The number of nitrogen functional groups attached to an aromatic ring is 1. The zero-order valence-electron chi connectivity index (χ0n) is 13.2. The van der Waals surface area contributed by atoms with E-state index in [0.29, 0.717) is 11.4 Å². The Balaban J connectivity index is 2.28. The summed E-state index contributed by atoms with van der Waals surface area (Å²) < 4.78 is 12.1. The van der Waals surface area contributed by atoms with Crippen LogP contribution in [0.15, 0.2) is 47.0 Å². The van der Waals surface area contributed by atoms with Crippen LogP contribution in [0.2, 0.25) is 0 Å². The molecule has 0 aliphatic carbocycles. The number of esters is 1. The Hall–Kier alpha value is -3.46. The molecule has 0 fully saturated rings. The number of hydrogen-bond acceptors (Lipinski definition) is 5. The Morgan fingerprint density at radius 3 is 2.67 bits per heavy atom. The normalized spacial score (nSPS) is 10.4. The highest BCUT2D eigenvalue weighted by Gasteiger charge is 2.23. The van der Waals surface area contributed by atoms with Gasteiger partial charge in [-0.25, -0.2) is 4.79 Å². The zero-order chi connectivity index (χ0) is 17.3. The van der Waals surface area contributed by atoms with Crippen LogP contribution in [0.25, 0.3) is 17.0 Å². The maximum Gasteiger partial charge on any atom is 0.357 e. The van der Waals surface area contributed by atoms with Crippen molar-refractivity contribution in [1.29, 1.82) is 5.26 Å². The number of benzene rings is 1. The van der Waals surface area contributed by atoms with Gasteiger partial charge < -0.3 is 19.5 Å².